The normalized spacial score (nSPS) is 20.7. The molecule has 220 valence electrons. The molecule has 0 radical (unpaired) electrons. The predicted molar refractivity (Wildman–Crippen MR) is 163 cm³/mol. The highest BCUT2D eigenvalue weighted by molar-refractivity contribution is 6.32. The molecule has 7 nitrogen and oxygen atoms in total. The molecule has 1 saturated heterocycles. The zero-order valence-electron chi connectivity index (χ0n) is 24.2. The molecule has 0 unspecified atom stereocenters. The van der Waals surface area contributed by atoms with Gasteiger partial charge in [0.25, 0.3) is 0 Å². The summed E-state index contributed by atoms with van der Waals surface area (Å²) in [6.07, 6.45) is 3.75. The van der Waals surface area contributed by atoms with Crippen molar-refractivity contribution in [3.8, 4) is 17.2 Å². The number of halogens is 1. The minimum absolute atomic E-state index is 0.249. The number of ketones is 3. The molecular weight excluding hydrogens is 561 g/mol. The molecule has 8 heteroatoms. The van der Waals surface area contributed by atoms with E-state index in [0.29, 0.717) is 28.1 Å². The van der Waals surface area contributed by atoms with Gasteiger partial charge in [-0.1, -0.05) is 60.7 Å². The minimum atomic E-state index is -1.74. The van der Waals surface area contributed by atoms with Crippen LogP contribution in [0.25, 0.3) is 6.08 Å². The van der Waals surface area contributed by atoms with Gasteiger partial charge in [-0.2, -0.15) is 0 Å². The van der Waals surface area contributed by atoms with Crippen LogP contribution >= 0.6 is 0 Å². The van der Waals surface area contributed by atoms with E-state index in [-0.39, 0.29) is 34.4 Å². The van der Waals surface area contributed by atoms with Crippen LogP contribution in [0.15, 0.2) is 91.0 Å². The highest BCUT2D eigenvalue weighted by atomic mass is 19.1. The highest BCUT2D eigenvalue weighted by Crippen LogP contribution is 2.63. The maximum Gasteiger partial charge on any atom is 0.203 e. The zero-order chi connectivity index (χ0) is 30.7. The van der Waals surface area contributed by atoms with E-state index in [1.807, 2.05) is 41.3 Å². The first kappa shape index (κ1) is 27.6. The molecule has 2 heterocycles. The number of methoxy groups -OCH3 is 3. The van der Waals surface area contributed by atoms with Crippen molar-refractivity contribution in [2.45, 2.75) is 18.0 Å². The summed E-state index contributed by atoms with van der Waals surface area (Å²) in [5, 5.41) is 0. The van der Waals surface area contributed by atoms with Gasteiger partial charge < -0.3 is 19.1 Å². The van der Waals surface area contributed by atoms with Crippen molar-refractivity contribution in [3.05, 3.63) is 125 Å². The Hall–Kier alpha value is -5.24. The number of rotatable bonds is 6. The van der Waals surface area contributed by atoms with Gasteiger partial charge in [-0.25, -0.2) is 4.39 Å². The van der Waals surface area contributed by atoms with Gasteiger partial charge in [0.2, 0.25) is 5.75 Å². The summed E-state index contributed by atoms with van der Waals surface area (Å²) >= 11 is 0. The molecule has 1 aliphatic carbocycles. The van der Waals surface area contributed by atoms with Gasteiger partial charge in [-0.15, -0.1) is 0 Å². The summed E-state index contributed by atoms with van der Waals surface area (Å²) in [5.74, 6) is -1.71. The van der Waals surface area contributed by atoms with Crippen LogP contribution in [0.3, 0.4) is 0 Å². The summed E-state index contributed by atoms with van der Waals surface area (Å²) in [4.78, 5) is 46.4. The Morgan fingerprint density at radius 1 is 0.773 bits per heavy atom. The lowest BCUT2D eigenvalue weighted by molar-refractivity contribution is 0.0664. The first-order chi connectivity index (χ1) is 21.4. The summed E-state index contributed by atoms with van der Waals surface area (Å²) in [6.45, 7) is 0. The number of Topliss-reactive ketones (excluding diaryl/α,β-unsaturated/α-hetero) is 3. The lowest BCUT2D eigenvalue weighted by atomic mass is 9.64. The van der Waals surface area contributed by atoms with Crippen molar-refractivity contribution in [2.75, 3.05) is 26.2 Å². The molecule has 4 aromatic rings. The Labute approximate surface area is 253 Å². The fraction of sp³-hybridized carbons (Fsp3) is 0.194. The minimum Gasteiger partial charge on any atom is -0.493 e. The molecule has 3 aliphatic rings. The van der Waals surface area contributed by atoms with Crippen LogP contribution in [0.4, 0.5) is 10.1 Å². The number of fused-ring (bicyclic) bond motifs is 5. The Morgan fingerprint density at radius 2 is 1.41 bits per heavy atom. The van der Waals surface area contributed by atoms with Crippen molar-refractivity contribution < 1.29 is 33.0 Å². The van der Waals surface area contributed by atoms with Gasteiger partial charge in [-0.05, 0) is 42.0 Å². The SMILES string of the molecule is COc1ccc([C@@H]2[C@H](C(=O)c3ccc(F)cc3)N3c4ccccc4C=C[C@H]3C23C(=O)c2ccccc2C3=O)c(OC)c1OC. The molecule has 2 aliphatic heterocycles. The summed E-state index contributed by atoms with van der Waals surface area (Å²) in [7, 11) is 4.44. The molecular formula is C36H28FNO6. The van der Waals surface area contributed by atoms with Crippen molar-refractivity contribution in [1.29, 1.82) is 0 Å². The Kier molecular flexibility index (Phi) is 6.39. The van der Waals surface area contributed by atoms with Crippen molar-refractivity contribution in [2.24, 2.45) is 5.41 Å². The van der Waals surface area contributed by atoms with Crippen LogP contribution in [0.2, 0.25) is 0 Å². The monoisotopic (exact) mass is 589 g/mol. The van der Waals surface area contributed by atoms with Gasteiger partial charge in [0.15, 0.2) is 28.8 Å². The Morgan fingerprint density at radius 3 is 2.05 bits per heavy atom. The van der Waals surface area contributed by atoms with Crippen LogP contribution in [-0.4, -0.2) is 50.8 Å². The molecule has 0 bridgehead atoms. The standard InChI is InChI=1S/C36H28FNO6/c1-42-27-18-17-25(32(43-2)33(27)44-3)29-30(31(39)21-12-15-22(37)16-13-21)38-26-11-7-4-8-20(26)14-19-28(38)36(29)34(40)23-9-5-6-10-24(23)35(36)41/h4-19,28-30H,1-3H3/t28-,29+,30+/m0/s1. The number of carbonyl (C=O) groups excluding carboxylic acids is 3. The Balaban J connectivity index is 1.59. The fourth-order valence-electron chi connectivity index (χ4n) is 7.41. The molecule has 4 aromatic carbocycles. The lowest BCUT2D eigenvalue weighted by Gasteiger charge is -2.37. The van der Waals surface area contributed by atoms with E-state index in [1.54, 1.807) is 36.4 Å². The van der Waals surface area contributed by atoms with Gasteiger partial charge in [0.1, 0.15) is 17.3 Å². The maximum absolute atomic E-state index is 14.9. The van der Waals surface area contributed by atoms with Crippen LogP contribution in [-0.2, 0) is 0 Å². The third-order valence-electron chi connectivity index (χ3n) is 9.18. The second-order valence-electron chi connectivity index (χ2n) is 11.1. The lowest BCUT2D eigenvalue weighted by Crippen LogP contribution is -2.48. The Bertz CT molecular complexity index is 1850. The molecule has 7 rings (SSSR count). The number of para-hydroxylation sites is 1. The summed E-state index contributed by atoms with van der Waals surface area (Å²) < 4.78 is 31.2. The zero-order valence-corrected chi connectivity index (χ0v) is 24.2. The summed E-state index contributed by atoms with van der Waals surface area (Å²) in [5.41, 5.74) is 1.12. The van der Waals surface area contributed by atoms with E-state index in [2.05, 4.69) is 0 Å². The molecule has 0 saturated carbocycles. The van der Waals surface area contributed by atoms with E-state index >= 15 is 0 Å². The quantitative estimate of drug-likeness (QED) is 0.197. The predicted octanol–water partition coefficient (Wildman–Crippen LogP) is 6.17. The van der Waals surface area contributed by atoms with Crippen LogP contribution in [0.1, 0.15) is 48.1 Å². The number of carbonyl (C=O) groups is 3. The van der Waals surface area contributed by atoms with E-state index in [1.165, 1.54) is 45.6 Å². The molecule has 0 aromatic heterocycles. The smallest absolute Gasteiger partial charge is 0.203 e. The number of ether oxygens (including phenoxy) is 3. The second-order valence-corrected chi connectivity index (χ2v) is 11.1. The van der Waals surface area contributed by atoms with Gasteiger partial charge in [-0.3, -0.25) is 14.4 Å². The molecule has 44 heavy (non-hydrogen) atoms. The number of hydrogen-bond donors (Lipinski definition) is 0. The van der Waals surface area contributed by atoms with E-state index < -0.39 is 29.2 Å². The fourth-order valence-corrected chi connectivity index (χ4v) is 7.41. The second kappa shape index (κ2) is 10.2. The van der Waals surface area contributed by atoms with Gasteiger partial charge in [0.05, 0.1) is 27.4 Å². The first-order valence-electron chi connectivity index (χ1n) is 14.2. The average Bonchev–Trinajstić information content (AvgIpc) is 3.49. The molecule has 1 fully saturated rings. The molecule has 1 spiro atoms. The topological polar surface area (TPSA) is 82.1 Å². The number of nitrogens with zero attached hydrogens (tertiary/aromatic N) is 1. The van der Waals surface area contributed by atoms with Crippen LogP contribution in [0, 0.1) is 11.2 Å². The van der Waals surface area contributed by atoms with Gasteiger partial charge >= 0.3 is 0 Å². The van der Waals surface area contributed by atoms with Gasteiger partial charge in [0, 0.05) is 33.9 Å². The first-order valence-corrected chi connectivity index (χ1v) is 14.2. The number of hydrogen-bond acceptors (Lipinski definition) is 7. The highest BCUT2D eigenvalue weighted by Gasteiger charge is 2.72. The van der Waals surface area contributed by atoms with Crippen LogP contribution < -0.4 is 19.1 Å². The summed E-state index contributed by atoms with van der Waals surface area (Å²) in [6, 6.07) is 21.2. The average molecular weight is 590 g/mol. The van der Waals surface area contributed by atoms with E-state index in [4.69, 9.17) is 14.2 Å². The maximum atomic E-state index is 14.9. The van der Waals surface area contributed by atoms with Crippen LogP contribution in [0.5, 0.6) is 17.2 Å². The van der Waals surface area contributed by atoms with E-state index in [0.717, 1.165) is 5.56 Å². The largest absolute Gasteiger partial charge is 0.493 e. The van der Waals surface area contributed by atoms with Crippen molar-refractivity contribution >= 4 is 29.1 Å². The number of anilines is 1. The third-order valence-corrected chi connectivity index (χ3v) is 9.18. The van der Waals surface area contributed by atoms with Crippen molar-refractivity contribution in [1.82, 2.24) is 0 Å². The van der Waals surface area contributed by atoms with E-state index in [9.17, 15) is 18.8 Å². The molecule has 3 atom stereocenters. The third kappa shape index (κ3) is 3.57. The number of benzene rings is 4. The van der Waals surface area contributed by atoms with Crippen molar-refractivity contribution in [3.63, 3.8) is 0 Å². The molecule has 0 N–H and O–H groups in total. The molecule has 0 amide bonds.